The van der Waals surface area contributed by atoms with Crippen LogP contribution in [0, 0.1) is 5.92 Å². The first-order chi connectivity index (χ1) is 12.8. The molecule has 2 aliphatic heterocycles. The number of hydrogen-bond donors (Lipinski definition) is 1. The van der Waals surface area contributed by atoms with Gasteiger partial charge in [0.25, 0.3) is 0 Å². The van der Waals surface area contributed by atoms with Crippen LogP contribution in [-0.4, -0.2) is 60.0 Å². The molecule has 8 heteroatoms. The van der Waals surface area contributed by atoms with Crippen molar-refractivity contribution in [3.8, 4) is 11.3 Å². The van der Waals surface area contributed by atoms with Crippen molar-refractivity contribution in [1.82, 2.24) is 20.1 Å². The molecule has 1 aromatic heterocycles. The molecule has 2 fully saturated rings. The lowest BCUT2D eigenvalue weighted by Gasteiger charge is -2.36. The minimum atomic E-state index is 0. The maximum Gasteiger partial charge on any atom is 0.227 e. The van der Waals surface area contributed by atoms with E-state index in [9.17, 15) is 4.79 Å². The van der Waals surface area contributed by atoms with Gasteiger partial charge in [-0.25, -0.2) is 4.98 Å². The number of amides is 1. The van der Waals surface area contributed by atoms with Gasteiger partial charge in [0, 0.05) is 38.3 Å². The number of nitrogens with zero attached hydrogens (tertiary/aromatic N) is 3. The van der Waals surface area contributed by atoms with Gasteiger partial charge in [-0.3, -0.25) is 9.69 Å². The van der Waals surface area contributed by atoms with Gasteiger partial charge in [0.05, 0.1) is 18.7 Å². The second kappa shape index (κ2) is 10.8. The highest BCUT2D eigenvalue weighted by molar-refractivity contribution is 5.85. The number of carbonyl (C=O) groups is 1. The van der Waals surface area contributed by atoms with E-state index in [2.05, 4.69) is 15.2 Å². The Labute approximate surface area is 178 Å². The van der Waals surface area contributed by atoms with E-state index in [1.807, 2.05) is 35.2 Å². The average molecular weight is 427 g/mol. The molecule has 3 heterocycles. The summed E-state index contributed by atoms with van der Waals surface area (Å²) in [5.41, 5.74) is 1.04. The third-order valence-electron chi connectivity index (χ3n) is 5.30. The predicted octanol–water partition coefficient (Wildman–Crippen LogP) is 2.83. The van der Waals surface area contributed by atoms with Gasteiger partial charge in [0.1, 0.15) is 0 Å². The van der Waals surface area contributed by atoms with Gasteiger partial charge >= 0.3 is 0 Å². The highest BCUT2D eigenvalue weighted by Gasteiger charge is 2.28. The summed E-state index contributed by atoms with van der Waals surface area (Å²) in [7, 11) is 0. The van der Waals surface area contributed by atoms with Crippen molar-refractivity contribution in [2.75, 3.05) is 39.3 Å². The van der Waals surface area contributed by atoms with Crippen LogP contribution in [-0.2, 0) is 11.3 Å². The number of rotatable bonds is 4. The second-order valence-corrected chi connectivity index (χ2v) is 7.13. The summed E-state index contributed by atoms with van der Waals surface area (Å²) >= 11 is 0. The van der Waals surface area contributed by atoms with Gasteiger partial charge in [0.2, 0.25) is 11.8 Å². The Balaban J connectivity index is 0.00000140. The molecule has 0 aliphatic carbocycles. The smallest absolute Gasteiger partial charge is 0.227 e. The number of piperazine rings is 1. The lowest BCUT2D eigenvalue weighted by Crippen LogP contribution is -2.51. The topological polar surface area (TPSA) is 61.6 Å². The van der Waals surface area contributed by atoms with E-state index >= 15 is 0 Å². The van der Waals surface area contributed by atoms with Gasteiger partial charge in [-0.05, 0) is 19.4 Å². The van der Waals surface area contributed by atoms with Crippen molar-refractivity contribution < 1.29 is 9.21 Å². The number of carbonyl (C=O) groups excluding carboxylic acids is 1. The monoisotopic (exact) mass is 426 g/mol. The lowest BCUT2D eigenvalue weighted by molar-refractivity contribution is -0.137. The number of nitrogens with one attached hydrogen (secondary N) is 1. The highest BCUT2D eigenvalue weighted by Crippen LogP contribution is 2.21. The number of benzene rings is 1. The van der Waals surface area contributed by atoms with Gasteiger partial charge in [-0.15, -0.1) is 24.8 Å². The minimum absolute atomic E-state index is 0. The predicted molar refractivity (Wildman–Crippen MR) is 114 cm³/mol. The third kappa shape index (κ3) is 5.47. The molecule has 0 radical (unpaired) electrons. The standard InChI is InChI=1S/C20H26N4O2.2ClH/c25-20(17-7-4-8-21-13-17)24-11-9-23(10-12-24)15-19-22-14-18(26-19)16-5-2-1-3-6-16;;/h1-3,5-6,14,17,21H,4,7-13,15H2;2*1H. The normalized spacial score (nSPS) is 20.1. The van der Waals surface area contributed by atoms with Crippen molar-refractivity contribution in [3.05, 3.63) is 42.4 Å². The Hall–Kier alpha value is -1.60. The van der Waals surface area contributed by atoms with Crippen LogP contribution in [0.15, 0.2) is 40.9 Å². The van der Waals surface area contributed by atoms with Gasteiger partial charge in [-0.1, -0.05) is 30.3 Å². The third-order valence-corrected chi connectivity index (χ3v) is 5.30. The number of hydrogen-bond acceptors (Lipinski definition) is 5. The highest BCUT2D eigenvalue weighted by atomic mass is 35.5. The van der Waals surface area contributed by atoms with Crippen LogP contribution < -0.4 is 5.32 Å². The summed E-state index contributed by atoms with van der Waals surface area (Å²) in [6, 6.07) is 10.0. The van der Waals surface area contributed by atoms with Gasteiger partial charge in [-0.2, -0.15) is 0 Å². The van der Waals surface area contributed by atoms with E-state index < -0.39 is 0 Å². The lowest BCUT2D eigenvalue weighted by atomic mass is 9.98. The molecule has 6 nitrogen and oxygen atoms in total. The molecule has 1 unspecified atom stereocenters. The number of halogens is 2. The Bertz CT molecular complexity index is 727. The zero-order valence-corrected chi connectivity index (χ0v) is 17.5. The largest absolute Gasteiger partial charge is 0.439 e. The van der Waals surface area contributed by atoms with Crippen molar-refractivity contribution in [2.45, 2.75) is 19.4 Å². The Morgan fingerprint density at radius 2 is 1.89 bits per heavy atom. The maximum atomic E-state index is 12.6. The SMILES string of the molecule is Cl.Cl.O=C(C1CCCNC1)N1CCN(Cc2ncc(-c3ccccc3)o2)CC1. The molecule has 1 N–H and O–H groups in total. The Morgan fingerprint density at radius 1 is 1.14 bits per heavy atom. The Morgan fingerprint density at radius 3 is 2.57 bits per heavy atom. The molecule has 154 valence electrons. The molecule has 1 atom stereocenters. The zero-order valence-electron chi connectivity index (χ0n) is 15.9. The van der Waals surface area contributed by atoms with Crippen molar-refractivity contribution in [3.63, 3.8) is 0 Å². The molecule has 2 saturated heterocycles. The molecule has 28 heavy (non-hydrogen) atoms. The fourth-order valence-corrected chi connectivity index (χ4v) is 3.76. The zero-order chi connectivity index (χ0) is 17.8. The molecule has 4 rings (SSSR count). The van der Waals surface area contributed by atoms with Crippen LogP contribution in [0.1, 0.15) is 18.7 Å². The maximum absolute atomic E-state index is 12.6. The molecule has 0 bridgehead atoms. The summed E-state index contributed by atoms with van der Waals surface area (Å²) in [6.07, 6.45) is 3.91. The first-order valence-corrected chi connectivity index (χ1v) is 9.51. The van der Waals surface area contributed by atoms with E-state index in [0.29, 0.717) is 12.5 Å². The van der Waals surface area contributed by atoms with Gasteiger partial charge in [0.15, 0.2) is 5.76 Å². The van der Waals surface area contributed by atoms with Crippen LogP contribution >= 0.6 is 24.8 Å². The summed E-state index contributed by atoms with van der Waals surface area (Å²) < 4.78 is 5.90. The summed E-state index contributed by atoms with van der Waals surface area (Å²) in [6.45, 7) is 5.89. The number of aromatic nitrogens is 1. The summed E-state index contributed by atoms with van der Waals surface area (Å²) in [5, 5.41) is 3.33. The molecular formula is C20H28Cl2N4O2. The molecule has 1 aromatic carbocycles. The van der Waals surface area contributed by atoms with E-state index in [0.717, 1.165) is 69.3 Å². The van der Waals surface area contributed by atoms with Crippen LogP contribution in [0.25, 0.3) is 11.3 Å². The fraction of sp³-hybridized carbons (Fsp3) is 0.500. The molecule has 2 aliphatic rings. The fourth-order valence-electron chi connectivity index (χ4n) is 3.76. The first kappa shape index (κ1) is 22.7. The number of oxazole rings is 1. The van der Waals surface area contributed by atoms with Crippen LogP contribution in [0.3, 0.4) is 0 Å². The van der Waals surface area contributed by atoms with E-state index in [1.165, 1.54) is 0 Å². The van der Waals surface area contributed by atoms with Crippen LogP contribution in [0.5, 0.6) is 0 Å². The van der Waals surface area contributed by atoms with E-state index in [4.69, 9.17) is 4.42 Å². The van der Waals surface area contributed by atoms with Crippen LogP contribution in [0.4, 0.5) is 0 Å². The Kier molecular flexibility index (Phi) is 8.76. The molecule has 0 spiro atoms. The summed E-state index contributed by atoms with van der Waals surface area (Å²) in [4.78, 5) is 21.4. The van der Waals surface area contributed by atoms with E-state index in [-0.39, 0.29) is 30.7 Å². The first-order valence-electron chi connectivity index (χ1n) is 9.51. The quantitative estimate of drug-likeness (QED) is 0.813. The van der Waals surface area contributed by atoms with Gasteiger partial charge < -0.3 is 14.6 Å². The average Bonchev–Trinajstić information content (AvgIpc) is 3.18. The van der Waals surface area contributed by atoms with Crippen LogP contribution in [0.2, 0.25) is 0 Å². The van der Waals surface area contributed by atoms with E-state index in [1.54, 1.807) is 6.20 Å². The van der Waals surface area contributed by atoms with Crippen molar-refractivity contribution in [1.29, 1.82) is 0 Å². The molecule has 2 aromatic rings. The van der Waals surface area contributed by atoms with Crippen molar-refractivity contribution >= 4 is 30.7 Å². The summed E-state index contributed by atoms with van der Waals surface area (Å²) in [5.74, 6) is 2.02. The second-order valence-electron chi connectivity index (χ2n) is 7.13. The minimum Gasteiger partial charge on any atom is -0.439 e. The molecule has 1 amide bonds. The molecular weight excluding hydrogens is 399 g/mol. The number of piperidine rings is 1. The van der Waals surface area contributed by atoms with Crippen molar-refractivity contribution in [2.24, 2.45) is 5.92 Å². The molecule has 0 saturated carbocycles.